The molecule has 35 heavy (non-hydrogen) atoms. The number of halogens is 3. The highest BCUT2D eigenvalue weighted by atomic mass is 19.4. The molecule has 1 aliphatic carbocycles. The number of nitrogens with one attached hydrogen (secondary N) is 2. The number of carbonyl (C=O) groups is 3. The maximum atomic E-state index is 12.8. The quantitative estimate of drug-likeness (QED) is 0.201. The third kappa shape index (κ3) is 7.54. The molecule has 0 spiro atoms. The number of hydrogen-bond acceptors (Lipinski definition) is 4. The highest BCUT2D eigenvalue weighted by molar-refractivity contribution is 5.95. The summed E-state index contributed by atoms with van der Waals surface area (Å²) in [5.41, 5.74) is 0.625. The highest BCUT2D eigenvalue weighted by Gasteiger charge is 2.30. The summed E-state index contributed by atoms with van der Waals surface area (Å²) in [5.74, 6) is -1.10. The summed E-state index contributed by atoms with van der Waals surface area (Å²) in [6, 6.07) is 11.1. The summed E-state index contributed by atoms with van der Waals surface area (Å²) in [7, 11) is 0. The van der Waals surface area contributed by atoms with Crippen molar-refractivity contribution in [1.29, 1.82) is 0 Å². The van der Waals surface area contributed by atoms with Gasteiger partial charge in [-0.3, -0.25) is 19.6 Å². The third-order valence-corrected chi connectivity index (χ3v) is 6.17. The van der Waals surface area contributed by atoms with Crippen LogP contribution in [0.25, 0.3) is 11.1 Å². The van der Waals surface area contributed by atoms with Gasteiger partial charge < -0.3 is 10.6 Å². The normalized spacial score (nSPS) is 14.9. The molecule has 0 aliphatic heterocycles. The van der Waals surface area contributed by atoms with Gasteiger partial charge in [-0.15, -0.1) is 0 Å². The summed E-state index contributed by atoms with van der Waals surface area (Å²) in [4.78, 5) is 36.0. The lowest BCUT2D eigenvalue weighted by molar-refractivity contribution is -0.155. The first-order valence-electron chi connectivity index (χ1n) is 11.4. The van der Waals surface area contributed by atoms with Gasteiger partial charge in [-0.1, -0.05) is 49.9 Å². The van der Waals surface area contributed by atoms with Crippen LogP contribution in [0, 0.1) is 11.8 Å². The van der Waals surface area contributed by atoms with Gasteiger partial charge in [0.1, 0.15) is 0 Å². The molecule has 0 unspecified atom stereocenters. The molecule has 2 aromatic rings. The minimum atomic E-state index is -4.43. The van der Waals surface area contributed by atoms with Gasteiger partial charge >= 0.3 is 6.18 Å². The average Bonchev–Trinajstić information content (AvgIpc) is 3.36. The van der Waals surface area contributed by atoms with Crippen LogP contribution in [0.5, 0.6) is 0 Å². The molecule has 3 N–H and O–H groups in total. The number of benzene rings is 2. The van der Waals surface area contributed by atoms with Crippen LogP contribution in [0.2, 0.25) is 0 Å². The number of hydrogen-bond donors (Lipinski definition) is 3. The Bertz CT molecular complexity index is 1020. The number of rotatable bonds is 10. The van der Waals surface area contributed by atoms with Gasteiger partial charge in [-0.2, -0.15) is 13.2 Å². The van der Waals surface area contributed by atoms with Crippen LogP contribution in [0.3, 0.4) is 0 Å². The maximum Gasteiger partial charge on any atom is 0.416 e. The number of hydroxylamine groups is 2. The monoisotopic (exact) mass is 491 g/mol. The lowest BCUT2D eigenvalue weighted by Gasteiger charge is -2.22. The van der Waals surface area contributed by atoms with E-state index in [4.69, 9.17) is 0 Å². The Balaban J connectivity index is 1.57. The first-order valence-corrected chi connectivity index (χ1v) is 11.4. The molecule has 10 heteroatoms. The Kier molecular flexibility index (Phi) is 8.86. The van der Waals surface area contributed by atoms with Crippen molar-refractivity contribution in [3.05, 3.63) is 59.7 Å². The Morgan fingerprint density at radius 3 is 2.37 bits per heavy atom. The van der Waals surface area contributed by atoms with Crippen molar-refractivity contribution in [2.45, 2.75) is 38.3 Å². The molecule has 1 saturated carbocycles. The Labute approximate surface area is 201 Å². The Hall–Kier alpha value is -3.40. The summed E-state index contributed by atoms with van der Waals surface area (Å²) in [6.07, 6.45) is 0.558. The maximum absolute atomic E-state index is 12.8. The van der Waals surface area contributed by atoms with Crippen LogP contribution in [0.1, 0.15) is 48.0 Å². The van der Waals surface area contributed by atoms with Crippen molar-refractivity contribution >= 4 is 18.2 Å². The van der Waals surface area contributed by atoms with E-state index in [1.54, 1.807) is 24.3 Å². The second-order valence-electron chi connectivity index (χ2n) is 8.69. The number of nitrogens with zero attached hydrogens (tertiary/aromatic N) is 1. The van der Waals surface area contributed by atoms with Gasteiger partial charge in [-0.05, 0) is 47.7 Å². The standard InChI is InChI=1S/C25H28F3N3O4/c26-25(27,28)22-10-8-18(9-11-22)19-6-3-7-20(13-19)23(33)29-15-30-24(34)21(14-31(35)16-32)12-17-4-1-2-5-17/h3,6-11,13,16-17,21,35H,1-2,4-5,12,14-15H2,(H,29,33)(H,30,34)/t21-/m1/s1. The molecule has 7 nitrogen and oxygen atoms in total. The van der Waals surface area contributed by atoms with E-state index in [9.17, 15) is 32.8 Å². The van der Waals surface area contributed by atoms with Crippen molar-refractivity contribution in [3.63, 3.8) is 0 Å². The van der Waals surface area contributed by atoms with E-state index in [0.717, 1.165) is 37.8 Å². The number of alkyl halides is 3. The summed E-state index contributed by atoms with van der Waals surface area (Å²) in [5, 5.41) is 15.2. The summed E-state index contributed by atoms with van der Waals surface area (Å²) >= 11 is 0. The minimum absolute atomic E-state index is 0.130. The number of amides is 3. The van der Waals surface area contributed by atoms with E-state index in [0.29, 0.717) is 28.5 Å². The average molecular weight is 492 g/mol. The van der Waals surface area contributed by atoms with Crippen molar-refractivity contribution in [1.82, 2.24) is 15.7 Å². The molecule has 188 valence electrons. The van der Waals surface area contributed by atoms with Crippen LogP contribution in [-0.4, -0.2) is 41.7 Å². The van der Waals surface area contributed by atoms with Gasteiger partial charge in [-0.25, -0.2) is 5.06 Å². The van der Waals surface area contributed by atoms with Crippen molar-refractivity contribution in [3.8, 4) is 11.1 Å². The fourth-order valence-electron chi connectivity index (χ4n) is 4.33. The molecule has 2 aromatic carbocycles. The summed E-state index contributed by atoms with van der Waals surface area (Å²) in [6.45, 7) is -0.287. The van der Waals surface area contributed by atoms with Crippen molar-refractivity contribution in [2.75, 3.05) is 13.2 Å². The lowest BCUT2D eigenvalue weighted by atomic mass is 9.92. The molecular formula is C25H28F3N3O4. The van der Waals surface area contributed by atoms with E-state index in [2.05, 4.69) is 10.6 Å². The molecule has 0 bridgehead atoms. The highest BCUT2D eigenvalue weighted by Crippen LogP contribution is 2.32. The predicted molar refractivity (Wildman–Crippen MR) is 122 cm³/mol. The van der Waals surface area contributed by atoms with E-state index < -0.39 is 23.6 Å². The van der Waals surface area contributed by atoms with Crippen LogP contribution < -0.4 is 10.6 Å². The first-order chi connectivity index (χ1) is 16.7. The van der Waals surface area contributed by atoms with Crippen LogP contribution in [0.4, 0.5) is 13.2 Å². The molecule has 0 heterocycles. The van der Waals surface area contributed by atoms with E-state index in [1.807, 2.05) is 0 Å². The molecule has 0 aromatic heterocycles. The molecule has 0 radical (unpaired) electrons. The Morgan fingerprint density at radius 2 is 1.74 bits per heavy atom. The molecule has 1 fully saturated rings. The van der Waals surface area contributed by atoms with Gasteiger partial charge in [0.2, 0.25) is 12.3 Å². The second kappa shape index (κ2) is 11.8. The molecule has 3 rings (SSSR count). The second-order valence-corrected chi connectivity index (χ2v) is 8.69. The number of carbonyl (C=O) groups excluding carboxylic acids is 3. The van der Waals surface area contributed by atoms with Crippen LogP contribution in [0.15, 0.2) is 48.5 Å². The predicted octanol–water partition coefficient (Wildman–Crippen LogP) is 4.22. The first kappa shape index (κ1) is 26.2. The van der Waals surface area contributed by atoms with Gasteiger partial charge in [0, 0.05) is 5.56 Å². The molecular weight excluding hydrogens is 463 g/mol. The van der Waals surface area contributed by atoms with E-state index >= 15 is 0 Å². The third-order valence-electron chi connectivity index (χ3n) is 6.17. The lowest BCUT2D eigenvalue weighted by Crippen LogP contribution is -2.43. The SMILES string of the molecule is O=CN(O)C[C@@H](CC1CCCC1)C(=O)NCNC(=O)c1cccc(-c2ccc(C(F)(F)F)cc2)c1. The smallest absolute Gasteiger partial charge is 0.338 e. The van der Waals surface area contributed by atoms with E-state index in [-0.39, 0.29) is 31.1 Å². The van der Waals surface area contributed by atoms with Crippen molar-refractivity contribution in [2.24, 2.45) is 11.8 Å². The molecule has 3 amide bonds. The minimum Gasteiger partial charge on any atom is -0.338 e. The Morgan fingerprint density at radius 1 is 1.06 bits per heavy atom. The summed E-state index contributed by atoms with van der Waals surface area (Å²) < 4.78 is 38.4. The zero-order chi connectivity index (χ0) is 25.4. The molecule has 0 saturated heterocycles. The fraction of sp³-hybridized carbons (Fsp3) is 0.400. The van der Waals surface area contributed by atoms with Crippen LogP contribution >= 0.6 is 0 Å². The zero-order valence-corrected chi connectivity index (χ0v) is 19.1. The zero-order valence-electron chi connectivity index (χ0n) is 19.1. The van der Waals surface area contributed by atoms with E-state index in [1.165, 1.54) is 12.1 Å². The van der Waals surface area contributed by atoms with Crippen molar-refractivity contribution < 1.29 is 32.8 Å². The molecule has 1 atom stereocenters. The topological polar surface area (TPSA) is 98.7 Å². The van der Waals surface area contributed by atoms with Crippen LogP contribution in [-0.2, 0) is 15.8 Å². The van der Waals surface area contributed by atoms with Gasteiger partial charge in [0.25, 0.3) is 5.91 Å². The largest absolute Gasteiger partial charge is 0.416 e. The van der Waals surface area contributed by atoms with Gasteiger partial charge in [0.05, 0.1) is 24.7 Å². The fourth-order valence-corrected chi connectivity index (χ4v) is 4.33. The molecule has 1 aliphatic rings. The van der Waals surface area contributed by atoms with Gasteiger partial charge in [0.15, 0.2) is 0 Å².